The SMILES string of the molecule is CN1NCc2cccc(C(=O)NC34CC(NC(=O)COc5ccc(Cl)c(F)c5)(C3)C4)c21. The molecule has 0 spiro atoms. The first kappa shape index (κ1) is 20.1. The lowest BCUT2D eigenvalue weighted by Crippen LogP contribution is -2.84. The molecule has 3 fully saturated rings. The van der Waals surface area contributed by atoms with Crippen molar-refractivity contribution in [2.24, 2.45) is 0 Å². The summed E-state index contributed by atoms with van der Waals surface area (Å²) in [4.78, 5) is 25.2. The molecule has 1 heterocycles. The van der Waals surface area contributed by atoms with Crippen LogP contribution >= 0.6 is 11.6 Å². The van der Waals surface area contributed by atoms with Gasteiger partial charge >= 0.3 is 0 Å². The van der Waals surface area contributed by atoms with E-state index in [1.165, 1.54) is 12.1 Å². The normalized spacial score (nSPS) is 25.2. The smallest absolute Gasteiger partial charge is 0.258 e. The van der Waals surface area contributed by atoms with Crippen molar-refractivity contribution in [1.29, 1.82) is 0 Å². The number of halogens is 2. The number of hydrazine groups is 1. The molecule has 3 saturated carbocycles. The molecular weight excluding hydrogens is 423 g/mol. The van der Waals surface area contributed by atoms with Gasteiger partial charge in [0.25, 0.3) is 11.8 Å². The van der Waals surface area contributed by atoms with Gasteiger partial charge in [-0.2, -0.15) is 0 Å². The van der Waals surface area contributed by atoms with Gasteiger partial charge < -0.3 is 20.4 Å². The Kier molecular flexibility index (Phi) is 4.60. The summed E-state index contributed by atoms with van der Waals surface area (Å²) < 4.78 is 18.8. The van der Waals surface area contributed by atoms with Crippen LogP contribution in [0.2, 0.25) is 5.02 Å². The third-order valence-corrected chi connectivity index (χ3v) is 6.59. The van der Waals surface area contributed by atoms with Crippen LogP contribution in [0.3, 0.4) is 0 Å². The number of nitrogens with zero attached hydrogens (tertiary/aromatic N) is 1. The van der Waals surface area contributed by atoms with Crippen LogP contribution in [0.4, 0.5) is 10.1 Å². The first-order valence-electron chi connectivity index (χ1n) is 10.1. The van der Waals surface area contributed by atoms with Crippen LogP contribution in [0.5, 0.6) is 5.75 Å². The summed E-state index contributed by atoms with van der Waals surface area (Å²) in [5.74, 6) is -0.723. The van der Waals surface area contributed by atoms with Crippen LogP contribution in [0.1, 0.15) is 35.2 Å². The topological polar surface area (TPSA) is 82.7 Å². The van der Waals surface area contributed by atoms with Crippen LogP contribution in [-0.4, -0.2) is 36.5 Å². The number of anilines is 1. The highest BCUT2D eigenvalue weighted by Crippen LogP contribution is 2.60. The van der Waals surface area contributed by atoms with E-state index in [0.29, 0.717) is 31.4 Å². The number of fused-ring (bicyclic) bond motifs is 1. The van der Waals surface area contributed by atoms with E-state index in [4.69, 9.17) is 16.3 Å². The van der Waals surface area contributed by atoms with Gasteiger partial charge in [-0.3, -0.25) is 9.59 Å². The van der Waals surface area contributed by atoms with Gasteiger partial charge in [-0.15, -0.1) is 0 Å². The summed E-state index contributed by atoms with van der Waals surface area (Å²) in [6.45, 7) is 0.496. The Bertz CT molecular complexity index is 1070. The molecule has 4 aliphatic rings. The molecule has 1 aliphatic heterocycles. The molecule has 0 saturated heterocycles. The number of hydrogen-bond donors (Lipinski definition) is 3. The minimum atomic E-state index is -0.595. The minimum Gasteiger partial charge on any atom is -0.484 e. The van der Waals surface area contributed by atoms with E-state index in [9.17, 15) is 14.0 Å². The monoisotopic (exact) mass is 444 g/mol. The Morgan fingerprint density at radius 1 is 1.19 bits per heavy atom. The number of nitrogens with one attached hydrogen (secondary N) is 3. The Labute approximate surface area is 183 Å². The second kappa shape index (κ2) is 7.10. The highest BCUT2D eigenvalue weighted by Gasteiger charge is 2.69. The van der Waals surface area contributed by atoms with Crippen molar-refractivity contribution in [2.45, 2.75) is 36.9 Å². The maximum absolute atomic E-state index is 13.5. The molecule has 2 aromatic rings. The minimum absolute atomic E-state index is 0.00128. The number of para-hydroxylation sites is 1. The van der Waals surface area contributed by atoms with Crippen LogP contribution in [0.15, 0.2) is 36.4 Å². The predicted octanol–water partition coefficient (Wildman–Crippen LogP) is 2.53. The standard InChI is InChI=1S/C22H22ClFN4O3/c1-28-19-13(8-25-28)3-2-4-15(19)20(30)27-22-10-21(11-22,12-22)26-18(29)9-31-14-5-6-16(23)17(24)7-14/h2-7,25H,8-12H2,1H3,(H,26,29)(H,27,30). The molecule has 2 amide bonds. The van der Waals surface area contributed by atoms with Gasteiger partial charge in [-0.1, -0.05) is 23.7 Å². The van der Waals surface area contributed by atoms with Crippen molar-refractivity contribution < 1.29 is 18.7 Å². The molecule has 0 radical (unpaired) electrons. The quantitative estimate of drug-likeness (QED) is 0.638. The number of benzene rings is 2. The van der Waals surface area contributed by atoms with Crippen LogP contribution in [0, 0.1) is 5.82 Å². The van der Waals surface area contributed by atoms with E-state index < -0.39 is 5.82 Å². The summed E-state index contributed by atoms with van der Waals surface area (Å²) in [7, 11) is 1.90. The summed E-state index contributed by atoms with van der Waals surface area (Å²) in [5, 5.41) is 8.03. The fourth-order valence-corrected chi connectivity index (χ4v) is 5.12. The summed E-state index contributed by atoms with van der Waals surface area (Å²) >= 11 is 5.64. The molecule has 0 unspecified atom stereocenters. The lowest BCUT2D eigenvalue weighted by molar-refractivity contribution is -0.141. The van der Waals surface area contributed by atoms with Crippen LogP contribution in [0.25, 0.3) is 0 Å². The molecule has 0 atom stereocenters. The van der Waals surface area contributed by atoms with Crippen LogP contribution in [-0.2, 0) is 11.3 Å². The first-order chi connectivity index (χ1) is 14.8. The average molecular weight is 445 g/mol. The van der Waals surface area contributed by atoms with Crippen molar-refractivity contribution in [1.82, 2.24) is 16.1 Å². The fourth-order valence-electron chi connectivity index (χ4n) is 5.00. The summed E-state index contributed by atoms with van der Waals surface area (Å²) in [6, 6.07) is 9.77. The average Bonchev–Trinajstić information content (AvgIpc) is 3.07. The Balaban J connectivity index is 1.13. The molecule has 6 rings (SSSR count). The fraction of sp³-hybridized carbons (Fsp3) is 0.364. The molecule has 31 heavy (non-hydrogen) atoms. The highest BCUT2D eigenvalue weighted by atomic mass is 35.5. The first-order valence-corrected chi connectivity index (χ1v) is 10.5. The van der Waals surface area contributed by atoms with Gasteiger partial charge in [0.2, 0.25) is 0 Å². The predicted molar refractivity (Wildman–Crippen MR) is 114 cm³/mol. The van der Waals surface area contributed by atoms with E-state index >= 15 is 0 Å². The zero-order valence-electron chi connectivity index (χ0n) is 16.9. The lowest BCUT2D eigenvalue weighted by Gasteiger charge is -2.70. The van der Waals surface area contributed by atoms with Crippen molar-refractivity contribution in [3.05, 3.63) is 58.4 Å². The number of carbonyl (C=O) groups is 2. The molecule has 2 bridgehead atoms. The van der Waals surface area contributed by atoms with Gasteiger partial charge in [0.05, 0.1) is 16.3 Å². The van der Waals surface area contributed by atoms with Crippen molar-refractivity contribution >= 4 is 29.1 Å². The summed E-state index contributed by atoms with van der Waals surface area (Å²) in [6.07, 6.45) is 2.07. The Hall–Kier alpha value is -2.84. The molecule has 3 N–H and O–H groups in total. The summed E-state index contributed by atoms with van der Waals surface area (Å²) in [5.41, 5.74) is 5.29. The van der Waals surface area contributed by atoms with Crippen molar-refractivity contribution in [2.75, 3.05) is 18.7 Å². The molecule has 0 aromatic heterocycles. The highest BCUT2D eigenvalue weighted by molar-refractivity contribution is 6.30. The molecule has 7 nitrogen and oxygen atoms in total. The van der Waals surface area contributed by atoms with E-state index in [0.717, 1.165) is 17.3 Å². The molecule has 162 valence electrons. The second-order valence-electron chi connectivity index (χ2n) is 8.67. The Morgan fingerprint density at radius 2 is 1.94 bits per heavy atom. The third kappa shape index (κ3) is 3.49. The number of ether oxygens (including phenoxy) is 1. The molecule has 3 aliphatic carbocycles. The largest absolute Gasteiger partial charge is 0.484 e. The maximum atomic E-state index is 13.5. The lowest BCUT2D eigenvalue weighted by atomic mass is 9.44. The van der Waals surface area contributed by atoms with Crippen molar-refractivity contribution in [3.8, 4) is 5.75 Å². The van der Waals surface area contributed by atoms with Crippen LogP contribution < -0.4 is 25.8 Å². The maximum Gasteiger partial charge on any atom is 0.258 e. The number of rotatable bonds is 6. The van der Waals surface area contributed by atoms with Gasteiger partial charge in [0.1, 0.15) is 11.6 Å². The van der Waals surface area contributed by atoms with E-state index in [2.05, 4.69) is 16.1 Å². The van der Waals surface area contributed by atoms with Crippen molar-refractivity contribution in [3.63, 3.8) is 0 Å². The molecular formula is C22H22ClFN4O3. The third-order valence-electron chi connectivity index (χ3n) is 6.28. The zero-order chi connectivity index (χ0) is 21.8. The molecule has 9 heteroatoms. The van der Waals surface area contributed by atoms with Gasteiger partial charge in [-0.05, 0) is 43.0 Å². The van der Waals surface area contributed by atoms with Gasteiger partial charge in [0.15, 0.2) is 6.61 Å². The second-order valence-corrected chi connectivity index (χ2v) is 9.07. The van der Waals surface area contributed by atoms with Gasteiger partial charge in [-0.25, -0.2) is 9.82 Å². The van der Waals surface area contributed by atoms with E-state index in [1.54, 1.807) is 0 Å². The van der Waals surface area contributed by atoms with E-state index in [1.807, 2.05) is 30.3 Å². The number of amides is 2. The Morgan fingerprint density at radius 3 is 2.68 bits per heavy atom. The number of hydrogen-bond acceptors (Lipinski definition) is 5. The van der Waals surface area contributed by atoms with E-state index in [-0.39, 0.29) is 40.3 Å². The molecule has 2 aromatic carbocycles. The zero-order valence-corrected chi connectivity index (χ0v) is 17.7. The number of carbonyl (C=O) groups excluding carboxylic acids is 2. The van der Waals surface area contributed by atoms with Gasteiger partial charge in [0, 0.05) is 30.7 Å².